The second kappa shape index (κ2) is 3.32. The SMILES string of the molecule is Cc1cc(N)nc(C2CCCC2)n1. The largest absolute Gasteiger partial charge is 0.384 e. The molecule has 2 N–H and O–H groups in total. The lowest BCUT2D eigenvalue weighted by Crippen LogP contribution is -2.04. The van der Waals surface area contributed by atoms with E-state index in [9.17, 15) is 0 Å². The summed E-state index contributed by atoms with van der Waals surface area (Å²) in [6.45, 7) is 1.97. The van der Waals surface area contributed by atoms with E-state index in [1.807, 2.05) is 13.0 Å². The summed E-state index contributed by atoms with van der Waals surface area (Å²) in [5.74, 6) is 2.12. The first-order valence-electron chi connectivity index (χ1n) is 4.87. The predicted molar refractivity (Wildman–Crippen MR) is 52.4 cm³/mol. The Bertz CT molecular complexity index is 283. The van der Waals surface area contributed by atoms with Crippen LogP contribution in [-0.2, 0) is 0 Å². The monoisotopic (exact) mass is 177 g/mol. The minimum absolute atomic E-state index is 0.558. The van der Waals surface area contributed by atoms with Crippen LogP contribution in [0.1, 0.15) is 43.1 Å². The Balaban J connectivity index is 2.28. The summed E-state index contributed by atoms with van der Waals surface area (Å²) in [5, 5.41) is 0. The zero-order valence-corrected chi connectivity index (χ0v) is 7.95. The molecular formula is C10H15N3. The van der Waals surface area contributed by atoms with Crippen LogP contribution < -0.4 is 5.73 Å². The van der Waals surface area contributed by atoms with Crippen molar-refractivity contribution in [2.24, 2.45) is 0 Å². The van der Waals surface area contributed by atoms with E-state index >= 15 is 0 Å². The van der Waals surface area contributed by atoms with Gasteiger partial charge in [0.2, 0.25) is 0 Å². The maximum Gasteiger partial charge on any atom is 0.134 e. The zero-order valence-electron chi connectivity index (χ0n) is 7.95. The number of nitrogen functional groups attached to an aromatic ring is 1. The van der Waals surface area contributed by atoms with E-state index in [1.54, 1.807) is 0 Å². The maximum atomic E-state index is 5.68. The van der Waals surface area contributed by atoms with Gasteiger partial charge in [0.05, 0.1) is 0 Å². The normalized spacial score (nSPS) is 17.9. The Morgan fingerprint density at radius 1 is 1.31 bits per heavy atom. The molecule has 1 heterocycles. The van der Waals surface area contributed by atoms with Crippen molar-refractivity contribution in [2.75, 3.05) is 5.73 Å². The van der Waals surface area contributed by atoms with Gasteiger partial charge in [-0.05, 0) is 19.8 Å². The molecule has 3 nitrogen and oxygen atoms in total. The molecule has 0 aliphatic heterocycles. The van der Waals surface area contributed by atoms with Crippen LogP contribution in [0, 0.1) is 6.92 Å². The molecule has 1 saturated carbocycles. The number of rotatable bonds is 1. The molecular weight excluding hydrogens is 162 g/mol. The predicted octanol–water partition coefficient (Wildman–Crippen LogP) is 2.02. The first-order chi connectivity index (χ1) is 6.25. The zero-order chi connectivity index (χ0) is 9.26. The number of aromatic nitrogens is 2. The summed E-state index contributed by atoms with van der Waals surface area (Å²) >= 11 is 0. The third kappa shape index (κ3) is 1.79. The lowest BCUT2D eigenvalue weighted by molar-refractivity contribution is 0.665. The molecule has 13 heavy (non-hydrogen) atoms. The number of hydrogen-bond acceptors (Lipinski definition) is 3. The molecule has 1 aromatic heterocycles. The van der Waals surface area contributed by atoms with Gasteiger partial charge in [0, 0.05) is 17.7 Å². The van der Waals surface area contributed by atoms with Gasteiger partial charge in [0.1, 0.15) is 11.6 Å². The van der Waals surface area contributed by atoms with Crippen LogP contribution in [0.5, 0.6) is 0 Å². The molecule has 0 amide bonds. The molecule has 1 fully saturated rings. The van der Waals surface area contributed by atoms with E-state index < -0.39 is 0 Å². The average Bonchev–Trinajstić information content (AvgIpc) is 2.53. The lowest BCUT2D eigenvalue weighted by atomic mass is 10.1. The fraction of sp³-hybridized carbons (Fsp3) is 0.600. The first-order valence-corrected chi connectivity index (χ1v) is 4.87. The third-order valence-corrected chi connectivity index (χ3v) is 2.61. The highest BCUT2D eigenvalue weighted by atomic mass is 14.9. The van der Waals surface area contributed by atoms with Crippen molar-refractivity contribution in [2.45, 2.75) is 38.5 Å². The van der Waals surface area contributed by atoms with Crippen LogP contribution in [0.2, 0.25) is 0 Å². The van der Waals surface area contributed by atoms with Crippen LogP contribution in [-0.4, -0.2) is 9.97 Å². The molecule has 0 unspecified atom stereocenters. The Morgan fingerprint density at radius 3 is 2.62 bits per heavy atom. The van der Waals surface area contributed by atoms with E-state index in [1.165, 1.54) is 25.7 Å². The molecule has 1 aliphatic rings. The molecule has 3 heteroatoms. The Hall–Kier alpha value is -1.12. The smallest absolute Gasteiger partial charge is 0.134 e. The highest BCUT2D eigenvalue weighted by molar-refractivity contribution is 5.30. The summed E-state index contributed by atoms with van der Waals surface area (Å²) in [6.07, 6.45) is 5.07. The third-order valence-electron chi connectivity index (χ3n) is 2.61. The van der Waals surface area contributed by atoms with Crippen molar-refractivity contribution in [1.82, 2.24) is 9.97 Å². The standard InChI is InChI=1S/C10H15N3/c1-7-6-9(11)13-10(12-7)8-4-2-3-5-8/h6,8H,2-5H2,1H3,(H2,11,12,13). The van der Waals surface area contributed by atoms with Gasteiger partial charge in [0.25, 0.3) is 0 Å². The lowest BCUT2D eigenvalue weighted by Gasteiger charge is -2.08. The van der Waals surface area contributed by atoms with E-state index in [4.69, 9.17) is 5.73 Å². The number of nitrogens with two attached hydrogens (primary N) is 1. The Kier molecular flexibility index (Phi) is 2.17. The molecule has 0 aromatic carbocycles. The topological polar surface area (TPSA) is 51.8 Å². The molecule has 1 aliphatic carbocycles. The van der Waals surface area contributed by atoms with Crippen LogP contribution in [0.25, 0.3) is 0 Å². The highest BCUT2D eigenvalue weighted by Crippen LogP contribution is 2.32. The number of nitrogens with zero attached hydrogens (tertiary/aromatic N) is 2. The van der Waals surface area contributed by atoms with Gasteiger partial charge in [-0.15, -0.1) is 0 Å². The molecule has 0 radical (unpaired) electrons. The van der Waals surface area contributed by atoms with Crippen LogP contribution in [0.3, 0.4) is 0 Å². The van der Waals surface area contributed by atoms with Crippen molar-refractivity contribution in [3.8, 4) is 0 Å². The van der Waals surface area contributed by atoms with Gasteiger partial charge in [-0.25, -0.2) is 9.97 Å². The Labute approximate surface area is 78.4 Å². The highest BCUT2D eigenvalue weighted by Gasteiger charge is 2.19. The number of hydrogen-bond donors (Lipinski definition) is 1. The fourth-order valence-corrected chi connectivity index (χ4v) is 1.98. The number of aryl methyl sites for hydroxylation is 1. The Morgan fingerprint density at radius 2 is 2.00 bits per heavy atom. The molecule has 70 valence electrons. The van der Waals surface area contributed by atoms with Crippen LogP contribution in [0.4, 0.5) is 5.82 Å². The second-order valence-corrected chi connectivity index (χ2v) is 3.77. The van der Waals surface area contributed by atoms with Gasteiger partial charge in [-0.2, -0.15) is 0 Å². The molecule has 0 spiro atoms. The van der Waals surface area contributed by atoms with Crippen LogP contribution in [0.15, 0.2) is 6.07 Å². The maximum absolute atomic E-state index is 5.68. The fourth-order valence-electron chi connectivity index (χ4n) is 1.98. The molecule has 0 saturated heterocycles. The molecule has 2 rings (SSSR count). The summed E-state index contributed by atoms with van der Waals surface area (Å²) in [7, 11) is 0. The van der Waals surface area contributed by atoms with Gasteiger partial charge >= 0.3 is 0 Å². The van der Waals surface area contributed by atoms with Crippen molar-refractivity contribution >= 4 is 5.82 Å². The van der Waals surface area contributed by atoms with Crippen molar-refractivity contribution in [1.29, 1.82) is 0 Å². The quantitative estimate of drug-likeness (QED) is 0.714. The minimum atomic E-state index is 0.558. The molecule has 0 atom stereocenters. The van der Waals surface area contributed by atoms with Gasteiger partial charge < -0.3 is 5.73 Å². The van der Waals surface area contributed by atoms with Crippen molar-refractivity contribution < 1.29 is 0 Å². The van der Waals surface area contributed by atoms with Crippen molar-refractivity contribution in [3.63, 3.8) is 0 Å². The minimum Gasteiger partial charge on any atom is -0.384 e. The molecule has 1 aromatic rings. The molecule has 0 bridgehead atoms. The summed E-state index contributed by atoms with van der Waals surface area (Å²) < 4.78 is 0. The second-order valence-electron chi connectivity index (χ2n) is 3.77. The average molecular weight is 177 g/mol. The van der Waals surface area contributed by atoms with E-state index in [-0.39, 0.29) is 0 Å². The first kappa shape index (κ1) is 8.48. The summed E-state index contributed by atoms with van der Waals surface area (Å²) in [5.41, 5.74) is 6.66. The van der Waals surface area contributed by atoms with Gasteiger partial charge in [-0.3, -0.25) is 0 Å². The van der Waals surface area contributed by atoms with Gasteiger partial charge in [-0.1, -0.05) is 12.8 Å². The number of anilines is 1. The van der Waals surface area contributed by atoms with Gasteiger partial charge in [0.15, 0.2) is 0 Å². The summed E-state index contributed by atoms with van der Waals surface area (Å²) in [6, 6.07) is 1.82. The van der Waals surface area contributed by atoms with E-state index in [0.717, 1.165) is 11.5 Å². The summed E-state index contributed by atoms with van der Waals surface area (Å²) in [4.78, 5) is 8.71. The van der Waals surface area contributed by atoms with Crippen molar-refractivity contribution in [3.05, 3.63) is 17.6 Å². The van der Waals surface area contributed by atoms with Crippen LogP contribution >= 0.6 is 0 Å². The van der Waals surface area contributed by atoms with E-state index in [2.05, 4.69) is 9.97 Å². The van der Waals surface area contributed by atoms with E-state index in [0.29, 0.717) is 11.7 Å².